The molecule has 0 radical (unpaired) electrons. The van der Waals surface area contributed by atoms with Crippen LogP contribution in [0.25, 0.3) is 0 Å². The van der Waals surface area contributed by atoms with Crippen molar-refractivity contribution in [3.63, 3.8) is 0 Å². The molecule has 0 saturated heterocycles. The summed E-state index contributed by atoms with van der Waals surface area (Å²) in [5.74, 6) is -0.938. The smallest absolute Gasteiger partial charge is 0.340 e. The molecule has 0 saturated carbocycles. The van der Waals surface area contributed by atoms with Crippen LogP contribution in [0, 0.1) is 0 Å². The maximum absolute atomic E-state index is 11.8. The van der Waals surface area contributed by atoms with E-state index in [0.717, 1.165) is 12.8 Å². The zero-order valence-corrected chi connectivity index (χ0v) is 11.9. The Balaban J connectivity index is 3.16. The average Bonchev–Trinajstić information content (AvgIpc) is 2.42. The van der Waals surface area contributed by atoms with Crippen molar-refractivity contribution in [2.45, 2.75) is 19.8 Å². The van der Waals surface area contributed by atoms with Crippen LogP contribution in [0.2, 0.25) is 0 Å². The Hall–Kier alpha value is -2.24. The van der Waals surface area contributed by atoms with Gasteiger partial charge < -0.3 is 21.1 Å². The monoisotopic (exact) mass is 279 g/mol. The number of esters is 1. The predicted octanol–water partition coefficient (Wildman–Crippen LogP) is 1.15. The Bertz CT molecular complexity index is 489. The van der Waals surface area contributed by atoms with Crippen LogP contribution in [0.15, 0.2) is 18.2 Å². The summed E-state index contributed by atoms with van der Waals surface area (Å²) in [5.41, 5.74) is 12.4. The molecule has 110 valence electrons. The number of benzene rings is 1. The number of hydrogen-bond acceptors (Lipinski definition) is 5. The van der Waals surface area contributed by atoms with Gasteiger partial charge in [-0.3, -0.25) is 4.79 Å². The first-order valence-electron chi connectivity index (χ1n) is 6.50. The molecular formula is C14H21N3O3. The first kappa shape index (κ1) is 15.8. The number of anilines is 2. The zero-order chi connectivity index (χ0) is 15.1. The number of methoxy groups -OCH3 is 1. The molecule has 0 aliphatic carbocycles. The van der Waals surface area contributed by atoms with Crippen LogP contribution in [-0.2, 0) is 9.53 Å². The van der Waals surface area contributed by atoms with Gasteiger partial charge >= 0.3 is 5.97 Å². The number of ether oxygens (including phenoxy) is 1. The maximum atomic E-state index is 11.8. The molecule has 1 amide bonds. The molecule has 0 aliphatic heterocycles. The second-order valence-corrected chi connectivity index (χ2v) is 4.51. The number of amides is 1. The Kier molecular flexibility index (Phi) is 5.83. The quantitative estimate of drug-likeness (QED) is 0.576. The van der Waals surface area contributed by atoms with E-state index < -0.39 is 11.9 Å². The molecule has 4 N–H and O–H groups in total. The zero-order valence-electron chi connectivity index (χ0n) is 11.9. The van der Waals surface area contributed by atoms with E-state index in [-0.39, 0.29) is 6.54 Å². The van der Waals surface area contributed by atoms with Crippen LogP contribution in [0.1, 0.15) is 30.1 Å². The summed E-state index contributed by atoms with van der Waals surface area (Å²) < 4.78 is 4.75. The highest BCUT2D eigenvalue weighted by Crippen LogP contribution is 2.24. The molecule has 6 nitrogen and oxygen atoms in total. The highest BCUT2D eigenvalue weighted by Gasteiger charge is 2.18. The second kappa shape index (κ2) is 7.37. The molecule has 0 spiro atoms. The van der Waals surface area contributed by atoms with Crippen molar-refractivity contribution in [2.24, 2.45) is 5.73 Å². The summed E-state index contributed by atoms with van der Waals surface area (Å²) in [7, 11) is 1.31. The SMILES string of the molecule is CCCCN(CC(N)=O)c1ccc(N)cc1C(=O)OC. The molecule has 0 aliphatic rings. The predicted molar refractivity (Wildman–Crippen MR) is 78.5 cm³/mol. The van der Waals surface area contributed by atoms with Gasteiger partial charge in [-0.2, -0.15) is 0 Å². The van der Waals surface area contributed by atoms with E-state index in [2.05, 4.69) is 0 Å². The highest BCUT2D eigenvalue weighted by atomic mass is 16.5. The van der Waals surface area contributed by atoms with Gasteiger partial charge in [0.2, 0.25) is 5.91 Å². The minimum atomic E-state index is -0.488. The molecule has 0 fully saturated rings. The summed E-state index contributed by atoms with van der Waals surface area (Å²) in [4.78, 5) is 24.8. The standard InChI is InChI=1S/C14H21N3O3/c1-3-4-7-17(9-13(16)18)12-6-5-10(15)8-11(12)14(19)20-2/h5-6,8H,3-4,7,9,15H2,1-2H3,(H2,16,18). The van der Waals surface area contributed by atoms with Crippen molar-refractivity contribution in [2.75, 3.05) is 30.8 Å². The molecule has 1 aromatic carbocycles. The minimum absolute atomic E-state index is 0.0495. The summed E-state index contributed by atoms with van der Waals surface area (Å²) in [6.07, 6.45) is 1.86. The molecule has 6 heteroatoms. The van der Waals surface area contributed by atoms with Crippen LogP contribution in [-0.4, -0.2) is 32.1 Å². The van der Waals surface area contributed by atoms with Crippen molar-refractivity contribution in [3.8, 4) is 0 Å². The third-order valence-corrected chi connectivity index (χ3v) is 2.89. The molecule has 20 heavy (non-hydrogen) atoms. The van der Waals surface area contributed by atoms with Gasteiger partial charge in [0, 0.05) is 12.2 Å². The van der Waals surface area contributed by atoms with Crippen molar-refractivity contribution in [3.05, 3.63) is 23.8 Å². The normalized spacial score (nSPS) is 10.1. The van der Waals surface area contributed by atoms with Gasteiger partial charge in [-0.1, -0.05) is 13.3 Å². The number of carbonyl (C=O) groups is 2. The minimum Gasteiger partial charge on any atom is -0.465 e. The number of primary amides is 1. The topological polar surface area (TPSA) is 98.6 Å². The third-order valence-electron chi connectivity index (χ3n) is 2.89. The molecular weight excluding hydrogens is 258 g/mol. The summed E-state index contributed by atoms with van der Waals surface area (Å²) in [6, 6.07) is 4.93. The number of nitrogen functional groups attached to an aromatic ring is 1. The Labute approximate surface area is 118 Å². The molecule has 0 heterocycles. The van der Waals surface area contributed by atoms with E-state index in [9.17, 15) is 9.59 Å². The fourth-order valence-electron chi connectivity index (χ4n) is 1.92. The van der Waals surface area contributed by atoms with Crippen LogP contribution in [0.4, 0.5) is 11.4 Å². The lowest BCUT2D eigenvalue weighted by molar-refractivity contribution is -0.116. The number of rotatable bonds is 7. The fourth-order valence-corrected chi connectivity index (χ4v) is 1.92. The van der Waals surface area contributed by atoms with E-state index >= 15 is 0 Å². The Morgan fingerprint density at radius 2 is 2.05 bits per heavy atom. The summed E-state index contributed by atoms with van der Waals surface area (Å²) in [5, 5.41) is 0. The molecule has 0 unspecified atom stereocenters. The van der Waals surface area contributed by atoms with E-state index in [0.29, 0.717) is 23.5 Å². The first-order valence-corrected chi connectivity index (χ1v) is 6.50. The number of unbranched alkanes of at least 4 members (excludes halogenated alkanes) is 1. The van der Waals surface area contributed by atoms with Gasteiger partial charge in [0.15, 0.2) is 0 Å². The molecule has 0 bridgehead atoms. The highest BCUT2D eigenvalue weighted by molar-refractivity contribution is 5.97. The van der Waals surface area contributed by atoms with Gasteiger partial charge in [0.25, 0.3) is 0 Å². The van der Waals surface area contributed by atoms with Gasteiger partial charge in [-0.15, -0.1) is 0 Å². The lowest BCUT2D eigenvalue weighted by Gasteiger charge is -2.25. The van der Waals surface area contributed by atoms with Gasteiger partial charge in [0.05, 0.1) is 24.9 Å². The first-order chi connectivity index (χ1) is 9.49. The number of nitrogens with two attached hydrogens (primary N) is 2. The summed E-state index contributed by atoms with van der Waals surface area (Å²) in [6.45, 7) is 2.73. The van der Waals surface area contributed by atoms with E-state index in [4.69, 9.17) is 16.2 Å². The van der Waals surface area contributed by atoms with Crippen LogP contribution in [0.3, 0.4) is 0 Å². The number of hydrogen-bond donors (Lipinski definition) is 2. The number of carbonyl (C=O) groups excluding carboxylic acids is 2. The summed E-state index contributed by atoms with van der Waals surface area (Å²) >= 11 is 0. The Morgan fingerprint density at radius 1 is 1.35 bits per heavy atom. The van der Waals surface area contributed by atoms with E-state index in [1.807, 2.05) is 6.92 Å². The largest absolute Gasteiger partial charge is 0.465 e. The van der Waals surface area contributed by atoms with E-state index in [1.54, 1.807) is 23.1 Å². The van der Waals surface area contributed by atoms with Crippen LogP contribution in [0.5, 0.6) is 0 Å². The Morgan fingerprint density at radius 3 is 2.60 bits per heavy atom. The number of nitrogens with zero attached hydrogens (tertiary/aromatic N) is 1. The van der Waals surface area contributed by atoms with Crippen molar-refractivity contribution >= 4 is 23.3 Å². The lowest BCUT2D eigenvalue weighted by atomic mass is 10.1. The second-order valence-electron chi connectivity index (χ2n) is 4.51. The van der Waals surface area contributed by atoms with Crippen LogP contribution < -0.4 is 16.4 Å². The molecule has 1 rings (SSSR count). The van der Waals surface area contributed by atoms with Crippen molar-refractivity contribution in [1.29, 1.82) is 0 Å². The van der Waals surface area contributed by atoms with Crippen molar-refractivity contribution < 1.29 is 14.3 Å². The molecule has 0 atom stereocenters. The van der Waals surface area contributed by atoms with Gasteiger partial charge in [-0.25, -0.2) is 4.79 Å². The van der Waals surface area contributed by atoms with Gasteiger partial charge in [-0.05, 0) is 24.6 Å². The maximum Gasteiger partial charge on any atom is 0.340 e. The van der Waals surface area contributed by atoms with Gasteiger partial charge in [0.1, 0.15) is 0 Å². The molecule has 1 aromatic rings. The lowest BCUT2D eigenvalue weighted by Crippen LogP contribution is -2.35. The van der Waals surface area contributed by atoms with Crippen LogP contribution >= 0.6 is 0 Å². The fraction of sp³-hybridized carbons (Fsp3) is 0.429. The van der Waals surface area contributed by atoms with E-state index in [1.165, 1.54) is 7.11 Å². The van der Waals surface area contributed by atoms with Crippen molar-refractivity contribution in [1.82, 2.24) is 0 Å². The average molecular weight is 279 g/mol. The molecule has 0 aromatic heterocycles. The third kappa shape index (κ3) is 4.15.